The van der Waals surface area contributed by atoms with Crippen LogP contribution in [0, 0.1) is 5.92 Å². The quantitative estimate of drug-likeness (QED) is 0.746. The summed E-state index contributed by atoms with van der Waals surface area (Å²) in [4.78, 5) is 23.6. The van der Waals surface area contributed by atoms with Crippen molar-refractivity contribution in [2.45, 2.75) is 20.0 Å². The average Bonchev–Trinajstić information content (AvgIpc) is 3.07. The minimum Gasteiger partial charge on any atom is -0.462 e. The summed E-state index contributed by atoms with van der Waals surface area (Å²) < 4.78 is 45.7. The standard InChI is InChI=1S/C17H19F3N4O3/c1-3-27-16(26)13-9-22-24(14(13)17(18,19)20)12-6-4-11(5-7-12)23-15(25)10(2)8-21/h4-7,9-10H,3,8,21H2,1-2H3,(H,23,25). The van der Waals surface area contributed by atoms with Crippen molar-refractivity contribution in [3.63, 3.8) is 0 Å². The predicted molar refractivity (Wildman–Crippen MR) is 91.4 cm³/mol. The Morgan fingerprint density at radius 1 is 1.30 bits per heavy atom. The molecule has 2 aromatic rings. The minimum absolute atomic E-state index is 0.0586. The Kier molecular flexibility index (Phi) is 6.21. The van der Waals surface area contributed by atoms with E-state index < -0.39 is 29.3 Å². The molecule has 0 aliphatic rings. The number of hydrogen-bond donors (Lipinski definition) is 2. The van der Waals surface area contributed by atoms with Crippen LogP contribution in [0.5, 0.6) is 0 Å². The van der Waals surface area contributed by atoms with Crippen LogP contribution < -0.4 is 11.1 Å². The molecule has 1 aromatic heterocycles. The number of nitrogens with one attached hydrogen (secondary N) is 1. The molecule has 0 spiro atoms. The molecule has 2 rings (SSSR count). The fourth-order valence-corrected chi connectivity index (χ4v) is 2.23. The first-order valence-electron chi connectivity index (χ1n) is 8.12. The van der Waals surface area contributed by atoms with E-state index in [0.717, 1.165) is 6.20 Å². The molecule has 0 aliphatic heterocycles. The van der Waals surface area contributed by atoms with Crippen molar-refractivity contribution >= 4 is 17.6 Å². The lowest BCUT2D eigenvalue weighted by Gasteiger charge is -2.13. The molecule has 1 atom stereocenters. The highest BCUT2D eigenvalue weighted by molar-refractivity contribution is 5.92. The lowest BCUT2D eigenvalue weighted by atomic mass is 10.1. The lowest BCUT2D eigenvalue weighted by Crippen LogP contribution is -2.26. The van der Waals surface area contributed by atoms with E-state index in [4.69, 9.17) is 5.73 Å². The molecule has 0 saturated carbocycles. The first-order chi connectivity index (χ1) is 12.7. The fourth-order valence-electron chi connectivity index (χ4n) is 2.23. The van der Waals surface area contributed by atoms with Crippen molar-refractivity contribution in [1.82, 2.24) is 9.78 Å². The van der Waals surface area contributed by atoms with E-state index in [2.05, 4.69) is 15.2 Å². The van der Waals surface area contributed by atoms with Gasteiger partial charge in [-0.1, -0.05) is 6.92 Å². The molecule has 0 aliphatic carbocycles. The van der Waals surface area contributed by atoms with Crippen molar-refractivity contribution in [1.29, 1.82) is 0 Å². The summed E-state index contributed by atoms with van der Waals surface area (Å²) in [5, 5.41) is 6.29. The summed E-state index contributed by atoms with van der Waals surface area (Å²) >= 11 is 0. The Labute approximate surface area is 153 Å². The second-order valence-electron chi connectivity index (χ2n) is 5.71. The summed E-state index contributed by atoms with van der Waals surface area (Å²) in [6.07, 6.45) is -4.00. The van der Waals surface area contributed by atoms with Gasteiger partial charge in [-0.3, -0.25) is 4.79 Å². The Hall–Kier alpha value is -2.88. The number of aromatic nitrogens is 2. The highest BCUT2D eigenvalue weighted by Crippen LogP contribution is 2.34. The SMILES string of the molecule is CCOC(=O)c1cnn(-c2ccc(NC(=O)C(C)CN)cc2)c1C(F)(F)F. The van der Waals surface area contributed by atoms with Crippen molar-refractivity contribution in [3.05, 3.63) is 41.7 Å². The van der Waals surface area contributed by atoms with E-state index in [9.17, 15) is 22.8 Å². The maximum absolute atomic E-state index is 13.5. The number of rotatable bonds is 6. The van der Waals surface area contributed by atoms with Crippen LogP contribution in [0.25, 0.3) is 5.69 Å². The van der Waals surface area contributed by atoms with Crippen molar-refractivity contribution < 1.29 is 27.5 Å². The molecule has 1 heterocycles. The normalized spacial score (nSPS) is 12.5. The van der Waals surface area contributed by atoms with Crippen molar-refractivity contribution in [2.24, 2.45) is 11.7 Å². The van der Waals surface area contributed by atoms with Gasteiger partial charge in [-0.2, -0.15) is 18.3 Å². The fraction of sp³-hybridized carbons (Fsp3) is 0.353. The molecule has 0 fully saturated rings. The zero-order valence-corrected chi connectivity index (χ0v) is 14.7. The van der Waals surface area contributed by atoms with Crippen LogP contribution in [-0.4, -0.2) is 34.8 Å². The third-order valence-electron chi connectivity index (χ3n) is 3.71. The first-order valence-corrected chi connectivity index (χ1v) is 8.12. The molecule has 1 unspecified atom stereocenters. The van der Waals surface area contributed by atoms with Gasteiger partial charge in [0.05, 0.1) is 18.5 Å². The Morgan fingerprint density at radius 2 is 1.93 bits per heavy atom. The number of halogens is 3. The Morgan fingerprint density at radius 3 is 2.44 bits per heavy atom. The zero-order chi connectivity index (χ0) is 20.2. The summed E-state index contributed by atoms with van der Waals surface area (Å²) in [6.45, 7) is 3.26. The van der Waals surface area contributed by atoms with Gasteiger partial charge in [0.2, 0.25) is 5.91 Å². The van der Waals surface area contributed by atoms with Crippen LogP contribution in [0.3, 0.4) is 0 Å². The van der Waals surface area contributed by atoms with Gasteiger partial charge in [0.25, 0.3) is 0 Å². The summed E-state index contributed by atoms with van der Waals surface area (Å²) in [6, 6.07) is 5.56. The Balaban J connectivity index is 2.35. The number of benzene rings is 1. The van der Waals surface area contributed by atoms with Gasteiger partial charge in [0.1, 0.15) is 5.56 Å². The van der Waals surface area contributed by atoms with Gasteiger partial charge in [-0.05, 0) is 31.2 Å². The molecule has 1 aromatic carbocycles. The number of carbonyl (C=O) groups excluding carboxylic acids is 2. The molecule has 146 valence electrons. The van der Waals surface area contributed by atoms with Gasteiger partial charge in [0, 0.05) is 18.2 Å². The molecule has 1 amide bonds. The van der Waals surface area contributed by atoms with Crippen LogP contribution in [0.1, 0.15) is 29.9 Å². The minimum atomic E-state index is -4.82. The smallest absolute Gasteiger partial charge is 0.434 e. The van der Waals surface area contributed by atoms with Gasteiger partial charge in [0.15, 0.2) is 5.69 Å². The second kappa shape index (κ2) is 8.21. The van der Waals surface area contributed by atoms with Crippen molar-refractivity contribution in [2.75, 3.05) is 18.5 Å². The summed E-state index contributed by atoms with van der Waals surface area (Å²) in [5.41, 5.74) is 3.99. The molecular formula is C17H19F3N4O3. The average molecular weight is 384 g/mol. The van der Waals surface area contributed by atoms with E-state index >= 15 is 0 Å². The Bertz CT molecular complexity index is 816. The van der Waals surface area contributed by atoms with E-state index in [1.165, 1.54) is 31.2 Å². The third-order valence-corrected chi connectivity index (χ3v) is 3.71. The monoisotopic (exact) mass is 384 g/mol. The first kappa shape index (κ1) is 20.4. The highest BCUT2D eigenvalue weighted by atomic mass is 19.4. The molecule has 0 bridgehead atoms. The van der Waals surface area contributed by atoms with E-state index in [1.807, 2.05) is 0 Å². The number of nitrogens with two attached hydrogens (primary N) is 1. The number of anilines is 1. The van der Waals surface area contributed by atoms with Crippen LogP contribution in [0.4, 0.5) is 18.9 Å². The van der Waals surface area contributed by atoms with Crippen LogP contribution >= 0.6 is 0 Å². The van der Waals surface area contributed by atoms with Gasteiger partial charge < -0.3 is 15.8 Å². The van der Waals surface area contributed by atoms with E-state index in [-0.39, 0.29) is 24.7 Å². The van der Waals surface area contributed by atoms with Crippen LogP contribution in [0.15, 0.2) is 30.5 Å². The molecule has 27 heavy (non-hydrogen) atoms. The number of hydrogen-bond acceptors (Lipinski definition) is 5. The number of amides is 1. The third kappa shape index (κ3) is 4.64. The maximum atomic E-state index is 13.5. The summed E-state index contributed by atoms with van der Waals surface area (Å²) in [5.74, 6) is -1.81. The molecule has 0 saturated heterocycles. The predicted octanol–water partition coefficient (Wildman–Crippen LogP) is 2.60. The lowest BCUT2D eigenvalue weighted by molar-refractivity contribution is -0.143. The molecule has 10 heteroatoms. The van der Waals surface area contributed by atoms with Gasteiger partial charge in [-0.25, -0.2) is 9.48 Å². The maximum Gasteiger partial charge on any atom is 0.434 e. The van der Waals surface area contributed by atoms with Gasteiger partial charge in [-0.15, -0.1) is 0 Å². The number of alkyl halides is 3. The highest BCUT2D eigenvalue weighted by Gasteiger charge is 2.41. The van der Waals surface area contributed by atoms with Crippen molar-refractivity contribution in [3.8, 4) is 5.69 Å². The molecule has 3 N–H and O–H groups in total. The summed E-state index contributed by atoms with van der Waals surface area (Å²) in [7, 11) is 0. The second-order valence-corrected chi connectivity index (χ2v) is 5.71. The van der Waals surface area contributed by atoms with Gasteiger partial charge >= 0.3 is 12.1 Å². The largest absolute Gasteiger partial charge is 0.462 e. The topological polar surface area (TPSA) is 99.2 Å². The van der Waals surface area contributed by atoms with Crippen LogP contribution in [-0.2, 0) is 15.7 Å². The number of nitrogens with zero attached hydrogens (tertiary/aromatic N) is 2. The molecule has 0 radical (unpaired) electrons. The zero-order valence-electron chi connectivity index (χ0n) is 14.7. The number of esters is 1. The number of ether oxygens (including phenoxy) is 1. The van der Waals surface area contributed by atoms with E-state index in [1.54, 1.807) is 6.92 Å². The van der Waals surface area contributed by atoms with Crippen LogP contribution in [0.2, 0.25) is 0 Å². The molecule has 7 nitrogen and oxygen atoms in total. The number of carbonyl (C=O) groups is 2. The van der Waals surface area contributed by atoms with E-state index in [0.29, 0.717) is 10.4 Å². The molecular weight excluding hydrogens is 365 g/mol.